The van der Waals surface area contributed by atoms with Gasteiger partial charge in [-0.3, -0.25) is 4.79 Å². The first-order chi connectivity index (χ1) is 18.0. The SMILES string of the molecule is O=C(Nc1ccccc1C(=O)O)c1ccc(Oc2ccc3cc(OCCCCCCO)ccc3c2)cc1. The first-order valence-electron chi connectivity index (χ1n) is 12.2. The number of amides is 1. The van der Waals surface area contributed by atoms with Crippen molar-refractivity contribution in [2.45, 2.75) is 25.7 Å². The van der Waals surface area contributed by atoms with Crippen LogP contribution in [0.4, 0.5) is 5.69 Å². The van der Waals surface area contributed by atoms with E-state index >= 15 is 0 Å². The van der Waals surface area contributed by atoms with E-state index in [1.54, 1.807) is 42.5 Å². The Labute approximate surface area is 215 Å². The van der Waals surface area contributed by atoms with Crippen molar-refractivity contribution in [1.29, 1.82) is 0 Å². The molecule has 4 aromatic carbocycles. The maximum atomic E-state index is 12.6. The van der Waals surface area contributed by atoms with Gasteiger partial charge in [-0.2, -0.15) is 0 Å². The van der Waals surface area contributed by atoms with Gasteiger partial charge in [0.15, 0.2) is 0 Å². The molecular formula is C30H29NO6. The number of carboxylic acid groups (broad SMARTS) is 1. The van der Waals surface area contributed by atoms with Crippen LogP contribution >= 0.6 is 0 Å². The van der Waals surface area contributed by atoms with Crippen LogP contribution in [0.25, 0.3) is 10.8 Å². The summed E-state index contributed by atoms with van der Waals surface area (Å²) in [6, 6.07) is 24.6. The van der Waals surface area contributed by atoms with E-state index in [2.05, 4.69) is 5.32 Å². The van der Waals surface area contributed by atoms with Crippen LogP contribution in [0.5, 0.6) is 17.2 Å². The number of aromatic carboxylic acids is 1. The molecule has 0 radical (unpaired) electrons. The molecule has 1 amide bonds. The molecule has 0 spiro atoms. The summed E-state index contributed by atoms with van der Waals surface area (Å²) in [6.45, 7) is 0.892. The van der Waals surface area contributed by atoms with Gasteiger partial charge in [0.05, 0.1) is 17.9 Å². The molecule has 7 nitrogen and oxygen atoms in total. The maximum absolute atomic E-state index is 12.6. The average molecular weight is 500 g/mol. The Bertz CT molecular complexity index is 1370. The third-order valence-corrected chi connectivity index (χ3v) is 5.86. The normalized spacial score (nSPS) is 10.7. The minimum absolute atomic E-state index is 0.0278. The Kier molecular flexibility index (Phi) is 8.73. The number of carboxylic acids is 1. The predicted octanol–water partition coefficient (Wildman–Crippen LogP) is 6.51. The number of nitrogens with one attached hydrogen (secondary N) is 1. The highest BCUT2D eigenvalue weighted by Crippen LogP contribution is 2.28. The molecule has 4 aromatic rings. The van der Waals surface area contributed by atoms with E-state index in [0.29, 0.717) is 23.7 Å². The summed E-state index contributed by atoms with van der Waals surface area (Å²) < 4.78 is 11.8. The van der Waals surface area contributed by atoms with Gasteiger partial charge in [-0.1, -0.05) is 30.7 Å². The number of para-hydroxylation sites is 1. The zero-order chi connectivity index (χ0) is 26.0. The first-order valence-corrected chi connectivity index (χ1v) is 12.2. The third kappa shape index (κ3) is 7.08. The van der Waals surface area contributed by atoms with Crippen LogP contribution in [0.15, 0.2) is 84.9 Å². The number of rotatable bonds is 12. The van der Waals surface area contributed by atoms with Crippen molar-refractivity contribution in [1.82, 2.24) is 0 Å². The van der Waals surface area contributed by atoms with Crippen LogP contribution < -0.4 is 14.8 Å². The van der Waals surface area contributed by atoms with Crippen LogP contribution in [0.3, 0.4) is 0 Å². The predicted molar refractivity (Wildman–Crippen MR) is 143 cm³/mol. The number of fused-ring (bicyclic) bond motifs is 1. The molecule has 4 rings (SSSR count). The number of carbonyl (C=O) groups is 2. The standard InChI is InChI=1S/C30H29NO6/c32-17-5-1-2-6-18-36-25-15-11-23-20-26(16-12-22(23)19-25)37-24-13-9-21(10-14-24)29(33)31-28-8-4-3-7-27(28)30(34)35/h3-4,7-16,19-20,32H,1-2,5-6,17-18H2,(H,31,33)(H,34,35). The van der Waals surface area contributed by atoms with Crippen LogP contribution in [0.1, 0.15) is 46.4 Å². The monoisotopic (exact) mass is 499 g/mol. The van der Waals surface area contributed by atoms with Crippen LogP contribution in [0, 0.1) is 0 Å². The van der Waals surface area contributed by atoms with Crippen LogP contribution in [-0.2, 0) is 0 Å². The highest BCUT2D eigenvalue weighted by Gasteiger charge is 2.13. The lowest BCUT2D eigenvalue weighted by Crippen LogP contribution is -2.14. The molecule has 0 aliphatic rings. The highest BCUT2D eigenvalue weighted by atomic mass is 16.5. The van der Waals surface area contributed by atoms with Gasteiger partial charge >= 0.3 is 5.97 Å². The lowest BCUT2D eigenvalue weighted by atomic mass is 10.1. The molecule has 7 heteroatoms. The zero-order valence-electron chi connectivity index (χ0n) is 20.4. The first kappa shape index (κ1) is 25.7. The summed E-state index contributed by atoms with van der Waals surface area (Å²) in [7, 11) is 0. The molecule has 0 atom stereocenters. The fourth-order valence-corrected chi connectivity index (χ4v) is 3.90. The molecule has 37 heavy (non-hydrogen) atoms. The van der Waals surface area contributed by atoms with E-state index in [4.69, 9.17) is 14.6 Å². The van der Waals surface area contributed by atoms with E-state index in [1.807, 2.05) is 36.4 Å². The van der Waals surface area contributed by atoms with E-state index in [9.17, 15) is 14.7 Å². The smallest absolute Gasteiger partial charge is 0.337 e. The Morgan fingerprint density at radius 2 is 1.38 bits per heavy atom. The quantitative estimate of drug-likeness (QED) is 0.192. The summed E-state index contributed by atoms with van der Waals surface area (Å²) in [4.78, 5) is 24.0. The lowest BCUT2D eigenvalue weighted by Gasteiger charge is -2.11. The molecule has 0 aliphatic heterocycles. The van der Waals surface area contributed by atoms with Gasteiger partial charge in [-0.25, -0.2) is 4.79 Å². The maximum Gasteiger partial charge on any atom is 0.337 e. The Morgan fingerprint density at radius 3 is 2.11 bits per heavy atom. The number of aliphatic hydroxyl groups is 1. The van der Waals surface area contributed by atoms with E-state index in [1.165, 1.54) is 6.07 Å². The summed E-state index contributed by atoms with van der Waals surface area (Å²) in [5.41, 5.74) is 0.648. The third-order valence-electron chi connectivity index (χ3n) is 5.86. The molecule has 0 bridgehead atoms. The number of benzene rings is 4. The number of aliphatic hydroxyl groups excluding tert-OH is 1. The number of ether oxygens (including phenoxy) is 2. The van der Waals surface area contributed by atoms with Crippen molar-refractivity contribution in [2.24, 2.45) is 0 Å². The van der Waals surface area contributed by atoms with Crippen molar-refractivity contribution in [3.63, 3.8) is 0 Å². The summed E-state index contributed by atoms with van der Waals surface area (Å²) in [5.74, 6) is 0.544. The molecule has 0 unspecified atom stereocenters. The van der Waals surface area contributed by atoms with Gasteiger partial charge < -0.3 is 25.0 Å². The topological polar surface area (TPSA) is 105 Å². The largest absolute Gasteiger partial charge is 0.494 e. The number of hydrogen-bond donors (Lipinski definition) is 3. The molecule has 0 aromatic heterocycles. The molecule has 0 saturated carbocycles. The second-order valence-electron chi connectivity index (χ2n) is 8.59. The minimum Gasteiger partial charge on any atom is -0.494 e. The van der Waals surface area contributed by atoms with E-state index < -0.39 is 11.9 Å². The number of hydrogen-bond acceptors (Lipinski definition) is 5. The van der Waals surface area contributed by atoms with Gasteiger partial charge in [0.2, 0.25) is 0 Å². The molecular weight excluding hydrogens is 470 g/mol. The highest BCUT2D eigenvalue weighted by molar-refractivity contribution is 6.07. The van der Waals surface area contributed by atoms with Gasteiger partial charge in [-0.05, 0) is 90.7 Å². The second kappa shape index (κ2) is 12.6. The summed E-state index contributed by atoms with van der Waals surface area (Å²) >= 11 is 0. The Balaban J connectivity index is 1.35. The average Bonchev–Trinajstić information content (AvgIpc) is 2.91. The fourth-order valence-electron chi connectivity index (χ4n) is 3.90. The van der Waals surface area contributed by atoms with Crippen molar-refractivity contribution >= 4 is 28.3 Å². The number of unbranched alkanes of at least 4 members (excludes halogenated alkanes) is 3. The zero-order valence-corrected chi connectivity index (χ0v) is 20.4. The molecule has 0 fully saturated rings. The number of carbonyl (C=O) groups excluding carboxylic acids is 1. The van der Waals surface area contributed by atoms with Crippen molar-refractivity contribution < 1.29 is 29.3 Å². The van der Waals surface area contributed by atoms with Gasteiger partial charge in [0.25, 0.3) is 5.91 Å². The van der Waals surface area contributed by atoms with Crippen LogP contribution in [0.2, 0.25) is 0 Å². The Morgan fingerprint density at radius 1 is 0.730 bits per heavy atom. The molecule has 0 heterocycles. The van der Waals surface area contributed by atoms with Crippen LogP contribution in [-0.4, -0.2) is 35.3 Å². The van der Waals surface area contributed by atoms with E-state index in [-0.39, 0.29) is 17.9 Å². The van der Waals surface area contributed by atoms with E-state index in [0.717, 1.165) is 42.2 Å². The lowest BCUT2D eigenvalue weighted by molar-refractivity contribution is 0.0698. The van der Waals surface area contributed by atoms with Gasteiger partial charge in [-0.15, -0.1) is 0 Å². The van der Waals surface area contributed by atoms with Gasteiger partial charge in [0, 0.05) is 12.2 Å². The molecule has 190 valence electrons. The second-order valence-corrected chi connectivity index (χ2v) is 8.59. The van der Waals surface area contributed by atoms with Gasteiger partial charge in [0.1, 0.15) is 17.2 Å². The molecule has 0 aliphatic carbocycles. The van der Waals surface area contributed by atoms with Crippen molar-refractivity contribution in [2.75, 3.05) is 18.5 Å². The molecule has 0 saturated heterocycles. The number of anilines is 1. The summed E-state index contributed by atoms with van der Waals surface area (Å²) in [5, 5.41) is 22.8. The fraction of sp³-hybridized carbons (Fsp3) is 0.200. The van der Waals surface area contributed by atoms with Crippen molar-refractivity contribution in [3.8, 4) is 17.2 Å². The van der Waals surface area contributed by atoms with Crippen molar-refractivity contribution in [3.05, 3.63) is 96.1 Å². The summed E-state index contributed by atoms with van der Waals surface area (Å²) in [6.07, 6.45) is 3.85. The Hall–Kier alpha value is -4.36. The minimum atomic E-state index is -1.11. The molecule has 3 N–H and O–H groups in total.